The van der Waals surface area contributed by atoms with Crippen LogP contribution >= 0.6 is 24.0 Å². The average Bonchev–Trinajstić information content (AvgIpc) is 3.07. The highest BCUT2D eigenvalue weighted by molar-refractivity contribution is 8.26. The molecule has 11 heteroatoms. The number of amides is 1. The van der Waals surface area contributed by atoms with Gasteiger partial charge in [-0.1, -0.05) is 36.1 Å². The van der Waals surface area contributed by atoms with Crippen LogP contribution in [0.2, 0.25) is 0 Å². The van der Waals surface area contributed by atoms with Gasteiger partial charge in [-0.2, -0.15) is 5.26 Å². The standard InChI is InChI=1S/C25H24FN3O5S2/c1-14(2)34-10-4-9-28-22(31)18(12-27)15(3)21(24(28)33)19(30)13-29-23(32)20(36-25(29)35)11-16-5-7-17(26)8-6-16/h5-8,11,14,33H,4,9-10,13H2,1-3H3/b20-11-. The van der Waals surface area contributed by atoms with E-state index in [0.29, 0.717) is 18.6 Å². The molecule has 1 aliphatic rings. The number of carbonyl (C=O) groups excluding carboxylic acids is 2. The molecule has 0 radical (unpaired) electrons. The number of hydrogen-bond donors (Lipinski definition) is 1. The second-order valence-electron chi connectivity index (χ2n) is 8.28. The van der Waals surface area contributed by atoms with Gasteiger partial charge in [0, 0.05) is 13.2 Å². The van der Waals surface area contributed by atoms with Crippen molar-refractivity contribution in [2.24, 2.45) is 0 Å². The molecule has 1 amide bonds. The molecular weight excluding hydrogens is 505 g/mol. The molecule has 0 unspecified atom stereocenters. The smallest absolute Gasteiger partial charge is 0.271 e. The lowest BCUT2D eigenvalue weighted by molar-refractivity contribution is -0.121. The minimum Gasteiger partial charge on any atom is -0.494 e. The molecule has 0 saturated carbocycles. The third-order valence-electron chi connectivity index (χ3n) is 5.40. The minimum atomic E-state index is -0.707. The van der Waals surface area contributed by atoms with E-state index in [1.807, 2.05) is 19.9 Å². The first kappa shape index (κ1) is 27.3. The van der Waals surface area contributed by atoms with E-state index in [9.17, 15) is 29.1 Å². The molecule has 3 rings (SSSR count). The van der Waals surface area contributed by atoms with Crippen molar-refractivity contribution in [3.05, 3.63) is 67.6 Å². The monoisotopic (exact) mass is 529 g/mol. The maximum absolute atomic E-state index is 13.3. The van der Waals surface area contributed by atoms with Crippen molar-refractivity contribution < 1.29 is 23.8 Å². The van der Waals surface area contributed by atoms with Gasteiger partial charge in [-0.15, -0.1) is 0 Å². The largest absolute Gasteiger partial charge is 0.494 e. The highest BCUT2D eigenvalue weighted by atomic mass is 32.2. The number of thioether (sulfide) groups is 1. The number of Topliss-reactive ketones (excluding diaryl/α,β-unsaturated/α-hetero) is 1. The number of ketones is 1. The second-order valence-corrected chi connectivity index (χ2v) is 9.96. The van der Waals surface area contributed by atoms with Crippen LogP contribution < -0.4 is 5.56 Å². The quantitative estimate of drug-likeness (QED) is 0.226. The molecule has 2 aromatic rings. The number of hydrogen-bond acceptors (Lipinski definition) is 8. The lowest BCUT2D eigenvalue weighted by Gasteiger charge is -2.18. The Labute approximate surface area is 217 Å². The Morgan fingerprint density at radius 2 is 1.97 bits per heavy atom. The van der Waals surface area contributed by atoms with Crippen molar-refractivity contribution >= 4 is 46.1 Å². The van der Waals surface area contributed by atoms with Crippen LogP contribution in [-0.4, -0.2) is 49.8 Å². The van der Waals surface area contributed by atoms with Gasteiger partial charge in [0.2, 0.25) is 5.88 Å². The van der Waals surface area contributed by atoms with E-state index < -0.39 is 35.5 Å². The van der Waals surface area contributed by atoms with Crippen molar-refractivity contribution in [2.45, 2.75) is 39.8 Å². The molecule has 188 valence electrons. The van der Waals surface area contributed by atoms with Crippen LogP contribution in [-0.2, 0) is 16.1 Å². The summed E-state index contributed by atoms with van der Waals surface area (Å²) in [5.74, 6) is -2.17. The van der Waals surface area contributed by atoms with E-state index in [2.05, 4.69) is 0 Å². The van der Waals surface area contributed by atoms with Gasteiger partial charge in [0.1, 0.15) is 21.8 Å². The highest BCUT2D eigenvalue weighted by Crippen LogP contribution is 2.33. The number of aromatic hydroxyl groups is 1. The number of halogens is 1. The van der Waals surface area contributed by atoms with Gasteiger partial charge in [0.15, 0.2) is 5.78 Å². The molecule has 2 heterocycles. The zero-order valence-electron chi connectivity index (χ0n) is 19.9. The fourth-order valence-corrected chi connectivity index (χ4v) is 4.86. The summed E-state index contributed by atoms with van der Waals surface area (Å²) in [5, 5.41) is 20.4. The number of pyridine rings is 1. The summed E-state index contributed by atoms with van der Waals surface area (Å²) in [6.45, 7) is 5.00. The Kier molecular flexibility index (Phi) is 8.79. The van der Waals surface area contributed by atoms with Gasteiger partial charge in [-0.25, -0.2) is 4.39 Å². The highest BCUT2D eigenvalue weighted by Gasteiger charge is 2.35. The summed E-state index contributed by atoms with van der Waals surface area (Å²) >= 11 is 6.28. The third-order valence-corrected chi connectivity index (χ3v) is 6.78. The molecule has 1 aliphatic heterocycles. The predicted octanol–water partition coefficient (Wildman–Crippen LogP) is 3.77. The average molecular weight is 530 g/mol. The summed E-state index contributed by atoms with van der Waals surface area (Å²) in [6.07, 6.45) is 1.90. The normalized spacial score (nSPS) is 14.7. The van der Waals surface area contributed by atoms with E-state index in [4.69, 9.17) is 17.0 Å². The first-order valence-electron chi connectivity index (χ1n) is 11.1. The van der Waals surface area contributed by atoms with Crippen molar-refractivity contribution in [1.29, 1.82) is 5.26 Å². The molecule has 36 heavy (non-hydrogen) atoms. The first-order chi connectivity index (χ1) is 17.0. The Bertz CT molecular complexity index is 1340. The molecule has 0 aliphatic carbocycles. The predicted molar refractivity (Wildman–Crippen MR) is 138 cm³/mol. The Morgan fingerprint density at radius 3 is 2.58 bits per heavy atom. The van der Waals surface area contributed by atoms with Crippen LogP contribution in [0.3, 0.4) is 0 Å². The van der Waals surface area contributed by atoms with Gasteiger partial charge in [-0.05, 0) is 56.5 Å². The number of aromatic nitrogens is 1. The van der Waals surface area contributed by atoms with Crippen molar-refractivity contribution in [3.63, 3.8) is 0 Å². The van der Waals surface area contributed by atoms with E-state index in [1.165, 1.54) is 31.2 Å². The molecule has 1 aromatic heterocycles. The van der Waals surface area contributed by atoms with Crippen LogP contribution in [0.15, 0.2) is 34.0 Å². The van der Waals surface area contributed by atoms with Crippen LogP contribution in [0.5, 0.6) is 5.88 Å². The van der Waals surface area contributed by atoms with Crippen LogP contribution in [0.25, 0.3) is 6.08 Å². The van der Waals surface area contributed by atoms with Gasteiger partial charge in [0.05, 0.1) is 23.1 Å². The van der Waals surface area contributed by atoms with E-state index in [0.717, 1.165) is 21.2 Å². The number of thiocarbonyl (C=S) groups is 1. The molecule has 8 nitrogen and oxygen atoms in total. The molecule has 1 saturated heterocycles. The van der Waals surface area contributed by atoms with Crippen molar-refractivity contribution in [2.75, 3.05) is 13.2 Å². The topological polar surface area (TPSA) is 113 Å². The van der Waals surface area contributed by atoms with E-state index in [1.54, 1.807) is 6.08 Å². The Hall–Kier alpha value is -3.33. The molecule has 1 aromatic carbocycles. The molecular formula is C25H24FN3O5S2. The summed E-state index contributed by atoms with van der Waals surface area (Å²) in [4.78, 5) is 40.3. The Balaban J connectivity index is 1.88. The number of nitriles is 1. The summed E-state index contributed by atoms with van der Waals surface area (Å²) in [5.41, 5.74) is -0.563. The summed E-state index contributed by atoms with van der Waals surface area (Å²) < 4.78 is 19.7. The lowest BCUT2D eigenvalue weighted by atomic mass is 10.0. The van der Waals surface area contributed by atoms with Crippen molar-refractivity contribution in [3.8, 4) is 11.9 Å². The van der Waals surface area contributed by atoms with Gasteiger partial charge in [-0.3, -0.25) is 23.9 Å². The van der Waals surface area contributed by atoms with E-state index in [-0.39, 0.29) is 38.6 Å². The number of carbonyl (C=O) groups is 2. The van der Waals surface area contributed by atoms with Gasteiger partial charge < -0.3 is 9.84 Å². The molecule has 1 fully saturated rings. The second kappa shape index (κ2) is 11.6. The van der Waals surface area contributed by atoms with E-state index >= 15 is 0 Å². The number of ether oxygens (including phenoxy) is 1. The van der Waals surface area contributed by atoms with Gasteiger partial charge in [0.25, 0.3) is 11.5 Å². The summed E-state index contributed by atoms with van der Waals surface area (Å²) in [6, 6.07) is 7.35. The van der Waals surface area contributed by atoms with Gasteiger partial charge >= 0.3 is 0 Å². The van der Waals surface area contributed by atoms with Crippen molar-refractivity contribution in [1.82, 2.24) is 9.47 Å². The number of benzene rings is 1. The maximum Gasteiger partial charge on any atom is 0.271 e. The molecule has 0 spiro atoms. The van der Waals surface area contributed by atoms with Crippen LogP contribution in [0.4, 0.5) is 4.39 Å². The zero-order chi connectivity index (χ0) is 26.6. The molecule has 0 atom stereocenters. The number of nitrogens with zero attached hydrogens (tertiary/aromatic N) is 3. The number of rotatable bonds is 9. The van der Waals surface area contributed by atoms with Crippen LogP contribution in [0, 0.1) is 24.1 Å². The first-order valence-corrected chi connectivity index (χ1v) is 12.3. The molecule has 1 N–H and O–H groups in total. The minimum absolute atomic E-state index is 0.0122. The molecule has 0 bridgehead atoms. The SMILES string of the molecule is Cc1c(C(=O)CN2C(=O)/C(=C/c3ccc(F)cc3)SC2=S)c(O)n(CCCOC(C)C)c(=O)c1C#N. The Morgan fingerprint density at radius 1 is 1.31 bits per heavy atom. The fourth-order valence-electron chi connectivity index (χ4n) is 3.60. The lowest BCUT2D eigenvalue weighted by Crippen LogP contribution is -2.35. The third kappa shape index (κ3) is 5.90. The fraction of sp³-hybridized carbons (Fsp3) is 0.320. The zero-order valence-corrected chi connectivity index (χ0v) is 21.5. The summed E-state index contributed by atoms with van der Waals surface area (Å²) in [7, 11) is 0. The maximum atomic E-state index is 13.3. The van der Waals surface area contributed by atoms with Crippen LogP contribution in [0.1, 0.15) is 47.3 Å².